The Morgan fingerprint density at radius 2 is 1.26 bits per heavy atom. The summed E-state index contributed by atoms with van der Waals surface area (Å²) in [7, 11) is 9.87. The molecular formula is C16H32Cl2Zr. The summed E-state index contributed by atoms with van der Waals surface area (Å²) in [5.74, 6) is 5.12. The maximum absolute atomic E-state index is 4.93. The molecule has 2 unspecified atom stereocenters. The molecule has 0 bridgehead atoms. The van der Waals surface area contributed by atoms with Crippen LogP contribution in [0.4, 0.5) is 0 Å². The third-order valence-corrected chi connectivity index (χ3v) is 5.14. The van der Waals surface area contributed by atoms with Crippen molar-refractivity contribution >= 4 is 17.0 Å². The van der Waals surface area contributed by atoms with Crippen molar-refractivity contribution in [2.45, 2.75) is 59.3 Å². The molecule has 0 amide bonds. The zero-order chi connectivity index (χ0) is 12.8. The van der Waals surface area contributed by atoms with Gasteiger partial charge in [0.2, 0.25) is 0 Å². The molecule has 2 fully saturated rings. The standard InChI is InChI=1S/C14H26.2CH3.2ClH.Zr/c1-10-8-9-11(2)14(10)12(3)13-6-4-5-7-13;;;;;/h10-14H,4-9H2,1-3H3;2*1H3;2*1H;/q;2*-1;;;+4/p-2/t10?,11?,12-,14?;;;;;/m1...../s1. The Morgan fingerprint density at radius 3 is 1.63 bits per heavy atom. The molecule has 3 heteroatoms. The molecule has 0 aromatic rings. The fourth-order valence-corrected chi connectivity index (χ4v) is 4.31. The number of rotatable bonds is 2. The van der Waals surface area contributed by atoms with E-state index in [-0.39, 0.29) is 14.9 Å². The third kappa shape index (κ3) is 6.84. The summed E-state index contributed by atoms with van der Waals surface area (Å²) < 4.78 is 0. The molecule has 0 saturated heterocycles. The van der Waals surface area contributed by atoms with Crippen LogP contribution >= 0.6 is 17.0 Å². The van der Waals surface area contributed by atoms with Gasteiger partial charge in [0, 0.05) is 0 Å². The first-order valence-electron chi connectivity index (χ1n) is 7.08. The van der Waals surface area contributed by atoms with Crippen molar-refractivity contribution in [1.82, 2.24) is 0 Å². The summed E-state index contributed by atoms with van der Waals surface area (Å²) in [5, 5.41) is 0. The zero-order valence-electron chi connectivity index (χ0n) is 13.4. The Bertz CT molecular complexity index is 195. The first kappa shape index (κ1) is 22.7. The van der Waals surface area contributed by atoms with E-state index in [1.165, 1.54) is 38.5 Å². The number of hydrogen-bond acceptors (Lipinski definition) is 0. The average Bonchev–Trinajstić information content (AvgIpc) is 2.89. The molecule has 0 aromatic heterocycles. The molecule has 0 N–H and O–H groups in total. The van der Waals surface area contributed by atoms with E-state index < -0.39 is 20.8 Å². The second-order valence-corrected chi connectivity index (χ2v) is 9.82. The van der Waals surface area contributed by atoms with Crippen molar-refractivity contribution < 1.29 is 20.8 Å². The Morgan fingerprint density at radius 1 is 0.895 bits per heavy atom. The molecule has 2 aliphatic rings. The van der Waals surface area contributed by atoms with Crippen molar-refractivity contribution in [3.05, 3.63) is 14.9 Å². The van der Waals surface area contributed by atoms with E-state index in [2.05, 4.69) is 20.8 Å². The molecule has 0 spiro atoms. The van der Waals surface area contributed by atoms with Crippen LogP contribution in [-0.4, -0.2) is 0 Å². The number of hydrogen-bond donors (Lipinski definition) is 0. The van der Waals surface area contributed by atoms with E-state index in [0.29, 0.717) is 0 Å². The fraction of sp³-hybridized carbons (Fsp3) is 0.875. The van der Waals surface area contributed by atoms with Crippen LogP contribution in [0, 0.1) is 44.4 Å². The summed E-state index contributed by atoms with van der Waals surface area (Å²) in [6.45, 7) is 7.51. The van der Waals surface area contributed by atoms with Gasteiger partial charge in [0.25, 0.3) is 0 Å². The molecule has 0 heterocycles. The van der Waals surface area contributed by atoms with Crippen molar-refractivity contribution in [2.75, 3.05) is 0 Å². The summed E-state index contributed by atoms with van der Waals surface area (Å²) in [6.07, 6.45) is 9.04. The van der Waals surface area contributed by atoms with Crippen LogP contribution in [0.5, 0.6) is 0 Å². The van der Waals surface area contributed by atoms with Crippen molar-refractivity contribution in [3.63, 3.8) is 0 Å². The molecule has 0 nitrogen and oxygen atoms in total. The monoisotopic (exact) mass is 384 g/mol. The van der Waals surface area contributed by atoms with Crippen LogP contribution in [0.3, 0.4) is 0 Å². The van der Waals surface area contributed by atoms with E-state index in [9.17, 15) is 0 Å². The van der Waals surface area contributed by atoms with Gasteiger partial charge in [-0.3, -0.25) is 0 Å². The summed E-state index contributed by atoms with van der Waals surface area (Å²) in [6, 6.07) is 0. The van der Waals surface area contributed by atoms with Gasteiger partial charge in [-0.1, -0.05) is 59.3 Å². The van der Waals surface area contributed by atoms with Crippen molar-refractivity contribution in [1.29, 1.82) is 0 Å². The average molecular weight is 387 g/mol. The topological polar surface area (TPSA) is 0 Å². The SMILES string of the molecule is CC1CCC(C)C1[C@H](C)C1CCCC1.[CH3-].[CH3-].[Cl][Zr+2][Cl]. The Kier molecular flexibility index (Phi) is 14.4. The molecule has 2 aliphatic carbocycles. The van der Waals surface area contributed by atoms with Gasteiger partial charge in [-0.2, -0.15) is 0 Å². The van der Waals surface area contributed by atoms with Crippen LogP contribution in [0.2, 0.25) is 0 Å². The quantitative estimate of drug-likeness (QED) is 0.459. The van der Waals surface area contributed by atoms with Crippen molar-refractivity contribution in [3.8, 4) is 0 Å². The molecular weight excluding hydrogens is 354 g/mol. The van der Waals surface area contributed by atoms with Crippen LogP contribution in [0.15, 0.2) is 0 Å². The zero-order valence-corrected chi connectivity index (χ0v) is 17.4. The number of halogens is 2. The van der Waals surface area contributed by atoms with Crippen LogP contribution in [0.25, 0.3) is 0 Å². The summed E-state index contributed by atoms with van der Waals surface area (Å²) in [5.41, 5.74) is 0. The molecule has 3 atom stereocenters. The van der Waals surface area contributed by atoms with Gasteiger partial charge in [0.05, 0.1) is 0 Å². The van der Waals surface area contributed by atoms with Crippen LogP contribution < -0.4 is 0 Å². The molecule has 0 aliphatic heterocycles. The molecule has 0 radical (unpaired) electrons. The van der Waals surface area contributed by atoms with Gasteiger partial charge < -0.3 is 14.9 Å². The van der Waals surface area contributed by atoms with Gasteiger partial charge in [0.15, 0.2) is 0 Å². The molecule has 2 rings (SSSR count). The van der Waals surface area contributed by atoms with Gasteiger partial charge in [0.1, 0.15) is 0 Å². The van der Waals surface area contributed by atoms with E-state index in [4.69, 9.17) is 17.0 Å². The van der Waals surface area contributed by atoms with Crippen molar-refractivity contribution in [2.24, 2.45) is 29.6 Å². The Labute approximate surface area is 141 Å². The normalized spacial score (nSPS) is 31.3. The van der Waals surface area contributed by atoms with Gasteiger partial charge in [-0.25, -0.2) is 0 Å². The van der Waals surface area contributed by atoms with E-state index in [0.717, 1.165) is 29.6 Å². The summed E-state index contributed by atoms with van der Waals surface area (Å²) in [4.78, 5) is 0. The predicted molar refractivity (Wildman–Crippen MR) is 86.7 cm³/mol. The van der Waals surface area contributed by atoms with Gasteiger partial charge in [-0.15, -0.1) is 0 Å². The second-order valence-electron chi connectivity index (χ2n) is 6.08. The van der Waals surface area contributed by atoms with E-state index in [1.807, 2.05) is 0 Å². The second kappa shape index (κ2) is 12.1. The van der Waals surface area contributed by atoms with E-state index in [1.54, 1.807) is 0 Å². The molecule has 114 valence electrons. The maximum atomic E-state index is 4.93. The molecule has 2 saturated carbocycles. The first-order chi connectivity index (χ1) is 8.11. The summed E-state index contributed by atoms with van der Waals surface area (Å²) >= 11 is -0.826. The van der Waals surface area contributed by atoms with Crippen LogP contribution in [0.1, 0.15) is 59.3 Å². The molecule has 19 heavy (non-hydrogen) atoms. The predicted octanol–water partition coefficient (Wildman–Crippen LogP) is 6.77. The fourth-order valence-electron chi connectivity index (χ4n) is 4.31. The Balaban J connectivity index is 0. The minimum atomic E-state index is -0.826. The van der Waals surface area contributed by atoms with E-state index >= 15 is 0 Å². The minimum absolute atomic E-state index is 0. The first-order valence-corrected chi connectivity index (χ1v) is 13.4. The van der Waals surface area contributed by atoms with Gasteiger partial charge in [-0.05, 0) is 29.6 Å². The van der Waals surface area contributed by atoms with Crippen LogP contribution in [-0.2, 0) is 20.8 Å². The Hall–Kier alpha value is 1.46. The third-order valence-electron chi connectivity index (χ3n) is 5.14. The molecule has 0 aromatic carbocycles. The van der Waals surface area contributed by atoms with Gasteiger partial charge >= 0.3 is 37.9 Å².